The third-order valence-electron chi connectivity index (χ3n) is 5.69. The van der Waals surface area contributed by atoms with Gasteiger partial charge in [-0.05, 0) is 60.9 Å². The van der Waals surface area contributed by atoms with Crippen LogP contribution in [0.3, 0.4) is 0 Å². The van der Waals surface area contributed by atoms with Crippen molar-refractivity contribution in [2.24, 2.45) is 0 Å². The Morgan fingerprint density at radius 3 is 2.34 bits per heavy atom. The molecule has 3 rings (SSSR count). The fraction of sp³-hybridized carbons (Fsp3) is 0.286. The summed E-state index contributed by atoms with van der Waals surface area (Å²) in [5.74, 6) is 0.0759. The molecule has 7 heteroatoms. The first-order valence-electron chi connectivity index (χ1n) is 11.6. The number of hydrogen-bond acceptors (Lipinski definition) is 3. The van der Waals surface area contributed by atoms with Crippen molar-refractivity contribution in [2.45, 2.75) is 45.3 Å². The number of rotatable bonds is 11. The number of amides is 2. The molecule has 1 N–H and O–H groups in total. The topological polar surface area (TPSA) is 58.6 Å². The van der Waals surface area contributed by atoms with E-state index >= 15 is 0 Å². The normalized spacial score (nSPS) is 12.5. The molecule has 0 aliphatic rings. The zero-order chi connectivity index (χ0) is 25.2. The second-order valence-corrected chi connectivity index (χ2v) is 9.77. The summed E-state index contributed by atoms with van der Waals surface area (Å²) in [4.78, 5) is 28.6. The average Bonchev–Trinajstić information content (AvgIpc) is 2.86. The van der Waals surface area contributed by atoms with E-state index in [1.165, 1.54) is 0 Å². The number of ether oxygens (including phenoxy) is 1. The van der Waals surface area contributed by atoms with Gasteiger partial charge in [-0.2, -0.15) is 0 Å². The first kappa shape index (κ1) is 26.8. The molecule has 184 valence electrons. The molecule has 0 unspecified atom stereocenters. The van der Waals surface area contributed by atoms with Gasteiger partial charge in [0.15, 0.2) is 6.61 Å². The molecule has 0 fully saturated rings. The highest BCUT2D eigenvalue weighted by Crippen LogP contribution is 2.19. The predicted octanol–water partition coefficient (Wildman–Crippen LogP) is 6.04. The molecule has 5 nitrogen and oxygen atoms in total. The minimum Gasteiger partial charge on any atom is -0.484 e. The summed E-state index contributed by atoms with van der Waals surface area (Å²) in [7, 11) is 0. The molecule has 0 saturated heterocycles. The van der Waals surface area contributed by atoms with Gasteiger partial charge >= 0.3 is 0 Å². The van der Waals surface area contributed by atoms with Crippen molar-refractivity contribution >= 4 is 39.3 Å². The number of benzene rings is 3. The zero-order valence-electron chi connectivity index (χ0n) is 19.9. The molecule has 0 aliphatic carbocycles. The van der Waals surface area contributed by atoms with Crippen LogP contribution in [0.5, 0.6) is 5.75 Å². The van der Waals surface area contributed by atoms with Gasteiger partial charge in [0.05, 0.1) is 0 Å². The van der Waals surface area contributed by atoms with Gasteiger partial charge in [0.1, 0.15) is 11.8 Å². The Bertz CT molecular complexity index is 1110. The van der Waals surface area contributed by atoms with Gasteiger partial charge < -0.3 is 15.0 Å². The van der Waals surface area contributed by atoms with E-state index in [2.05, 4.69) is 21.2 Å². The van der Waals surface area contributed by atoms with E-state index in [1.54, 1.807) is 29.2 Å². The van der Waals surface area contributed by atoms with Crippen molar-refractivity contribution in [3.8, 4) is 5.75 Å². The number of carbonyl (C=O) groups excluding carboxylic acids is 2. The van der Waals surface area contributed by atoms with E-state index < -0.39 is 6.04 Å². The van der Waals surface area contributed by atoms with Crippen LogP contribution in [0.15, 0.2) is 83.3 Å². The van der Waals surface area contributed by atoms with Gasteiger partial charge in [-0.1, -0.05) is 76.9 Å². The second kappa shape index (κ2) is 13.3. The molecule has 3 aromatic carbocycles. The van der Waals surface area contributed by atoms with Crippen LogP contribution in [-0.4, -0.2) is 35.4 Å². The van der Waals surface area contributed by atoms with E-state index in [0.717, 1.165) is 22.0 Å². The lowest BCUT2D eigenvalue weighted by Crippen LogP contribution is -2.53. The number of halogens is 2. The van der Waals surface area contributed by atoms with E-state index in [1.807, 2.05) is 68.4 Å². The standard InChI is InChI=1S/C28H30BrClN2O3/c1-3-20(2)31-28(34)26(17-21-8-5-4-6-9-21)32(18-22-10-7-11-23(29)16-22)27(33)19-35-25-14-12-24(30)13-15-25/h4-16,20,26H,3,17-19H2,1-2H3,(H,31,34)/t20-,26-/m0/s1. The lowest BCUT2D eigenvalue weighted by molar-refractivity contribution is -0.143. The van der Waals surface area contributed by atoms with Crippen LogP contribution >= 0.6 is 27.5 Å². The fourth-order valence-electron chi connectivity index (χ4n) is 3.59. The molecular weight excluding hydrogens is 528 g/mol. The predicted molar refractivity (Wildman–Crippen MR) is 143 cm³/mol. The van der Waals surface area contributed by atoms with Crippen LogP contribution < -0.4 is 10.1 Å². The molecule has 3 aromatic rings. The monoisotopic (exact) mass is 556 g/mol. The van der Waals surface area contributed by atoms with Gasteiger partial charge in [-0.15, -0.1) is 0 Å². The largest absolute Gasteiger partial charge is 0.484 e. The maximum absolute atomic E-state index is 13.5. The number of hydrogen-bond donors (Lipinski definition) is 1. The smallest absolute Gasteiger partial charge is 0.261 e. The number of nitrogens with one attached hydrogen (secondary N) is 1. The van der Waals surface area contributed by atoms with Crippen molar-refractivity contribution in [2.75, 3.05) is 6.61 Å². The Balaban J connectivity index is 1.90. The minimum absolute atomic E-state index is 0.00564. The van der Waals surface area contributed by atoms with E-state index in [4.69, 9.17) is 16.3 Å². The summed E-state index contributed by atoms with van der Waals surface area (Å²) in [5, 5.41) is 3.65. The van der Waals surface area contributed by atoms with E-state index in [0.29, 0.717) is 17.2 Å². The first-order chi connectivity index (χ1) is 16.9. The number of carbonyl (C=O) groups is 2. The Hall–Kier alpha value is -2.83. The molecule has 0 aliphatic heterocycles. The highest BCUT2D eigenvalue weighted by atomic mass is 79.9. The maximum Gasteiger partial charge on any atom is 0.261 e. The number of nitrogens with zero attached hydrogens (tertiary/aromatic N) is 1. The molecule has 0 spiro atoms. The molecular formula is C28H30BrClN2O3. The molecule has 2 atom stereocenters. The lowest BCUT2D eigenvalue weighted by Gasteiger charge is -2.32. The van der Waals surface area contributed by atoms with E-state index in [9.17, 15) is 9.59 Å². The Morgan fingerprint density at radius 1 is 1.00 bits per heavy atom. The SMILES string of the molecule is CC[C@H](C)NC(=O)[C@H](Cc1ccccc1)N(Cc1cccc(Br)c1)C(=O)COc1ccc(Cl)cc1. The van der Waals surface area contributed by atoms with Gasteiger partial charge in [0.2, 0.25) is 5.91 Å². The maximum atomic E-state index is 13.5. The van der Waals surface area contributed by atoms with E-state index in [-0.39, 0.29) is 31.0 Å². The lowest BCUT2D eigenvalue weighted by atomic mass is 10.0. The fourth-order valence-corrected chi connectivity index (χ4v) is 4.16. The third-order valence-corrected chi connectivity index (χ3v) is 6.44. The van der Waals surface area contributed by atoms with Crippen molar-refractivity contribution in [3.05, 3.63) is 99.5 Å². The Labute approximate surface area is 220 Å². The van der Waals surface area contributed by atoms with Crippen LogP contribution in [-0.2, 0) is 22.6 Å². The van der Waals surface area contributed by atoms with Gasteiger partial charge in [-0.3, -0.25) is 9.59 Å². The van der Waals surface area contributed by atoms with Crippen molar-refractivity contribution in [1.29, 1.82) is 0 Å². The second-order valence-electron chi connectivity index (χ2n) is 8.42. The molecule has 0 radical (unpaired) electrons. The summed E-state index contributed by atoms with van der Waals surface area (Å²) in [6, 6.07) is 23.6. The van der Waals surface area contributed by atoms with Gasteiger partial charge in [0.25, 0.3) is 5.91 Å². The first-order valence-corrected chi connectivity index (χ1v) is 12.8. The zero-order valence-corrected chi connectivity index (χ0v) is 22.3. The highest BCUT2D eigenvalue weighted by Gasteiger charge is 2.31. The quantitative estimate of drug-likeness (QED) is 0.313. The summed E-state index contributed by atoms with van der Waals surface area (Å²) >= 11 is 9.46. The average molecular weight is 558 g/mol. The van der Waals surface area contributed by atoms with Crippen LogP contribution in [0.2, 0.25) is 5.02 Å². The molecule has 0 heterocycles. The highest BCUT2D eigenvalue weighted by molar-refractivity contribution is 9.10. The summed E-state index contributed by atoms with van der Waals surface area (Å²) < 4.78 is 6.66. The van der Waals surface area contributed by atoms with Crippen molar-refractivity contribution in [3.63, 3.8) is 0 Å². The van der Waals surface area contributed by atoms with Crippen LogP contribution in [0, 0.1) is 0 Å². The third kappa shape index (κ3) is 8.41. The molecule has 0 bridgehead atoms. The summed E-state index contributed by atoms with van der Waals surface area (Å²) in [6.07, 6.45) is 1.19. The summed E-state index contributed by atoms with van der Waals surface area (Å²) in [5.41, 5.74) is 1.89. The van der Waals surface area contributed by atoms with Gasteiger partial charge in [-0.25, -0.2) is 0 Å². The van der Waals surface area contributed by atoms with Crippen molar-refractivity contribution < 1.29 is 14.3 Å². The molecule has 35 heavy (non-hydrogen) atoms. The molecule has 2 amide bonds. The Kier molecular flexibility index (Phi) is 10.2. The van der Waals surface area contributed by atoms with Gasteiger partial charge in [0, 0.05) is 28.5 Å². The van der Waals surface area contributed by atoms with Crippen molar-refractivity contribution in [1.82, 2.24) is 10.2 Å². The van der Waals surface area contributed by atoms with Crippen LogP contribution in [0.25, 0.3) is 0 Å². The Morgan fingerprint density at radius 2 is 1.69 bits per heavy atom. The summed E-state index contributed by atoms with van der Waals surface area (Å²) in [6.45, 7) is 4.05. The van der Waals surface area contributed by atoms with Crippen LogP contribution in [0.1, 0.15) is 31.4 Å². The minimum atomic E-state index is -0.702. The van der Waals surface area contributed by atoms with Crippen LogP contribution in [0.4, 0.5) is 0 Å². The molecule has 0 saturated carbocycles. The molecule has 0 aromatic heterocycles.